The predicted molar refractivity (Wildman–Crippen MR) is 183 cm³/mol. The summed E-state index contributed by atoms with van der Waals surface area (Å²) in [5.41, 5.74) is 10.8. The summed E-state index contributed by atoms with van der Waals surface area (Å²) >= 11 is 1.51. The Labute approximate surface area is 263 Å². The molecule has 0 radical (unpaired) electrons. The summed E-state index contributed by atoms with van der Waals surface area (Å²) in [7, 11) is 0. The Bertz CT molecular complexity index is 2410. The van der Waals surface area contributed by atoms with Gasteiger partial charge < -0.3 is 0 Å². The molecule has 1 aliphatic rings. The zero-order valence-electron chi connectivity index (χ0n) is 24.1. The van der Waals surface area contributed by atoms with Gasteiger partial charge in [-0.15, -0.1) is 0 Å². The third kappa shape index (κ3) is 3.81. The smallest absolute Gasteiger partial charge is 0.268 e. The van der Waals surface area contributed by atoms with Crippen molar-refractivity contribution in [3.63, 3.8) is 0 Å². The van der Waals surface area contributed by atoms with Gasteiger partial charge in [-0.05, 0) is 62.7 Å². The first-order valence-electron chi connectivity index (χ1n) is 15.0. The minimum atomic E-state index is -0.475. The molecular formula is C40H25N3OS. The highest BCUT2D eigenvalue weighted by atomic mass is 32.1. The number of fused-ring (bicyclic) bond motifs is 6. The summed E-state index contributed by atoms with van der Waals surface area (Å²) in [6.45, 7) is 0. The molecule has 0 spiro atoms. The van der Waals surface area contributed by atoms with Crippen molar-refractivity contribution in [1.82, 2.24) is 14.4 Å². The minimum absolute atomic E-state index is 0.452. The number of rotatable bonds is 4. The maximum absolute atomic E-state index is 12.5. The van der Waals surface area contributed by atoms with Gasteiger partial charge in [0.15, 0.2) is 5.82 Å². The third-order valence-electron chi connectivity index (χ3n) is 9.02. The van der Waals surface area contributed by atoms with Crippen LogP contribution in [0.3, 0.4) is 0 Å². The maximum atomic E-state index is 12.5. The van der Waals surface area contributed by atoms with Crippen molar-refractivity contribution in [1.29, 1.82) is 0 Å². The number of thiazole rings is 1. The van der Waals surface area contributed by atoms with Gasteiger partial charge in [0, 0.05) is 5.56 Å². The molecule has 0 amide bonds. The van der Waals surface area contributed by atoms with E-state index in [-0.39, 0.29) is 0 Å². The highest BCUT2D eigenvalue weighted by Crippen LogP contribution is 2.56. The van der Waals surface area contributed by atoms with E-state index >= 15 is 0 Å². The van der Waals surface area contributed by atoms with Gasteiger partial charge in [0.2, 0.25) is 4.96 Å². The molecule has 0 saturated heterocycles. The maximum Gasteiger partial charge on any atom is 0.371 e. The Morgan fingerprint density at radius 2 is 1.13 bits per heavy atom. The fourth-order valence-corrected chi connectivity index (χ4v) is 8.18. The monoisotopic (exact) mass is 595 g/mol. The Morgan fingerprint density at radius 1 is 0.533 bits per heavy atom. The van der Waals surface area contributed by atoms with Crippen LogP contribution in [-0.4, -0.2) is 14.4 Å². The van der Waals surface area contributed by atoms with Crippen LogP contribution < -0.4 is 5.69 Å². The van der Waals surface area contributed by atoms with E-state index in [1.807, 2.05) is 34.7 Å². The molecule has 5 heteroatoms. The van der Waals surface area contributed by atoms with Gasteiger partial charge in [-0.25, -0.2) is 4.79 Å². The second-order valence-corrected chi connectivity index (χ2v) is 12.4. The van der Waals surface area contributed by atoms with Crippen molar-refractivity contribution >= 4 is 26.5 Å². The summed E-state index contributed by atoms with van der Waals surface area (Å²) in [4.78, 5) is 21.7. The minimum Gasteiger partial charge on any atom is -0.268 e. The molecule has 1 aliphatic carbocycles. The van der Waals surface area contributed by atoms with Crippen LogP contribution in [0.5, 0.6) is 0 Å². The van der Waals surface area contributed by atoms with Gasteiger partial charge in [-0.1, -0.05) is 145 Å². The normalized spacial score (nSPS) is 13.2. The lowest BCUT2D eigenvalue weighted by atomic mass is 9.67. The summed E-state index contributed by atoms with van der Waals surface area (Å²) < 4.78 is 3.04. The van der Waals surface area contributed by atoms with Gasteiger partial charge in [0.1, 0.15) is 0 Å². The van der Waals surface area contributed by atoms with Gasteiger partial charge in [0.25, 0.3) is 0 Å². The molecule has 6 aromatic carbocycles. The number of aromatic nitrogens is 3. The summed E-state index contributed by atoms with van der Waals surface area (Å²) in [6.07, 6.45) is 0. The zero-order chi connectivity index (χ0) is 30.0. The molecule has 0 unspecified atom stereocenters. The van der Waals surface area contributed by atoms with Gasteiger partial charge >= 0.3 is 5.69 Å². The number of benzene rings is 6. The Hall–Kier alpha value is -5.65. The first kappa shape index (κ1) is 25.8. The van der Waals surface area contributed by atoms with Crippen LogP contribution in [0, 0.1) is 0 Å². The molecule has 0 fully saturated rings. The molecule has 0 saturated carbocycles. The van der Waals surface area contributed by atoms with Crippen molar-refractivity contribution in [3.8, 4) is 33.6 Å². The molecule has 8 aromatic rings. The average molecular weight is 596 g/mol. The molecule has 2 heterocycles. The molecule has 0 bridgehead atoms. The van der Waals surface area contributed by atoms with E-state index in [1.165, 1.54) is 44.7 Å². The highest BCUT2D eigenvalue weighted by molar-refractivity contribution is 7.23. The standard InChI is InChI=1S/C40H25N3OS/c44-38-41-37(26-12-4-1-5-13-26)43-35-23-21-28(25-36(35)45-39(43)42-38)27-20-22-32-31-18-10-11-19-33(31)40(34(32)24-27,29-14-6-2-7-15-29)30-16-8-3-9-17-30/h1-25H. The van der Waals surface area contributed by atoms with Crippen LogP contribution in [0.15, 0.2) is 156 Å². The third-order valence-corrected chi connectivity index (χ3v) is 10.0. The predicted octanol–water partition coefficient (Wildman–Crippen LogP) is 9.00. The van der Waals surface area contributed by atoms with Crippen molar-refractivity contribution < 1.29 is 0 Å². The molecular weight excluding hydrogens is 571 g/mol. The Balaban J connectivity index is 1.28. The molecule has 9 rings (SSSR count). The van der Waals surface area contributed by atoms with Crippen LogP contribution in [-0.2, 0) is 5.41 Å². The van der Waals surface area contributed by atoms with Crippen molar-refractivity contribution in [2.24, 2.45) is 0 Å². The van der Waals surface area contributed by atoms with E-state index in [9.17, 15) is 4.79 Å². The number of hydrogen-bond donors (Lipinski definition) is 0. The average Bonchev–Trinajstić information content (AvgIpc) is 3.62. The number of nitrogens with zero attached hydrogens (tertiary/aromatic N) is 3. The quantitative estimate of drug-likeness (QED) is 0.204. The topological polar surface area (TPSA) is 47.3 Å². The highest BCUT2D eigenvalue weighted by Gasteiger charge is 2.46. The van der Waals surface area contributed by atoms with E-state index in [4.69, 9.17) is 0 Å². The molecule has 2 aromatic heterocycles. The second kappa shape index (κ2) is 9.94. The summed E-state index contributed by atoms with van der Waals surface area (Å²) in [6, 6.07) is 53.7. The zero-order valence-corrected chi connectivity index (χ0v) is 24.9. The van der Waals surface area contributed by atoms with Crippen molar-refractivity contribution in [2.45, 2.75) is 5.41 Å². The van der Waals surface area contributed by atoms with Gasteiger partial charge in [-0.3, -0.25) is 4.40 Å². The van der Waals surface area contributed by atoms with Crippen molar-refractivity contribution in [3.05, 3.63) is 184 Å². The SMILES string of the molecule is O=c1nc(-c2ccccc2)n2c(n1)sc1cc(-c3ccc4c(c3)C(c3ccccc3)(c3ccccc3)c3ccccc3-4)ccc12. The summed E-state index contributed by atoms with van der Waals surface area (Å²) in [5.74, 6) is 0.607. The molecule has 45 heavy (non-hydrogen) atoms. The van der Waals surface area contributed by atoms with Crippen LogP contribution >= 0.6 is 11.3 Å². The van der Waals surface area contributed by atoms with Crippen molar-refractivity contribution in [2.75, 3.05) is 0 Å². The molecule has 0 atom stereocenters. The van der Waals surface area contributed by atoms with Crippen LogP contribution in [0.1, 0.15) is 22.3 Å². The largest absolute Gasteiger partial charge is 0.371 e. The van der Waals surface area contributed by atoms with E-state index in [0.717, 1.165) is 26.9 Å². The van der Waals surface area contributed by atoms with E-state index in [1.54, 1.807) is 0 Å². The lowest BCUT2D eigenvalue weighted by Crippen LogP contribution is -2.28. The lowest BCUT2D eigenvalue weighted by molar-refractivity contribution is 0.769. The first-order valence-corrected chi connectivity index (χ1v) is 15.8. The molecule has 4 nitrogen and oxygen atoms in total. The Kier molecular flexibility index (Phi) is 5.70. The van der Waals surface area contributed by atoms with Crippen LogP contribution in [0.25, 0.3) is 48.8 Å². The van der Waals surface area contributed by atoms with Crippen LogP contribution in [0.4, 0.5) is 0 Å². The first-order chi connectivity index (χ1) is 22.2. The van der Waals surface area contributed by atoms with E-state index in [2.05, 4.69) is 131 Å². The molecule has 0 N–H and O–H groups in total. The van der Waals surface area contributed by atoms with Crippen LogP contribution in [0.2, 0.25) is 0 Å². The molecule has 0 aliphatic heterocycles. The fraction of sp³-hybridized carbons (Fsp3) is 0.0250. The van der Waals surface area contributed by atoms with E-state index in [0.29, 0.717) is 10.8 Å². The second-order valence-electron chi connectivity index (χ2n) is 11.4. The van der Waals surface area contributed by atoms with Gasteiger partial charge in [-0.2, -0.15) is 9.97 Å². The fourth-order valence-electron chi connectivity index (χ4n) is 7.14. The summed E-state index contributed by atoms with van der Waals surface area (Å²) in [5, 5.41) is 0. The van der Waals surface area contributed by atoms with E-state index < -0.39 is 11.1 Å². The molecule has 212 valence electrons. The lowest BCUT2D eigenvalue weighted by Gasteiger charge is -2.34. The number of hydrogen-bond acceptors (Lipinski definition) is 4. The van der Waals surface area contributed by atoms with Gasteiger partial charge in [0.05, 0.1) is 15.6 Å². The Morgan fingerprint density at radius 3 is 1.87 bits per heavy atom.